The summed E-state index contributed by atoms with van der Waals surface area (Å²) in [5.74, 6) is 1.34. The first kappa shape index (κ1) is 22.1. The fourth-order valence-electron chi connectivity index (χ4n) is 3.39. The van der Waals surface area contributed by atoms with E-state index >= 15 is 0 Å². The Morgan fingerprint density at radius 2 is 1.93 bits per heavy atom. The van der Waals surface area contributed by atoms with Gasteiger partial charge in [-0.2, -0.15) is 0 Å². The third-order valence-electron chi connectivity index (χ3n) is 5.35. The van der Waals surface area contributed by atoms with Gasteiger partial charge in [0, 0.05) is 18.7 Å². The first-order valence-corrected chi connectivity index (χ1v) is 11.0. The molecule has 1 saturated carbocycles. The first-order valence-electron chi connectivity index (χ1n) is 9.54. The third kappa shape index (κ3) is 6.75. The molecule has 3 rings (SSSR count). The summed E-state index contributed by atoms with van der Waals surface area (Å²) in [6.45, 7) is 4.68. The van der Waals surface area contributed by atoms with Gasteiger partial charge in [-0.15, -0.1) is 12.4 Å². The van der Waals surface area contributed by atoms with Crippen molar-refractivity contribution in [1.82, 2.24) is 10.0 Å². The van der Waals surface area contributed by atoms with Crippen LogP contribution >= 0.6 is 12.4 Å². The quantitative estimate of drug-likeness (QED) is 0.609. The van der Waals surface area contributed by atoms with Crippen LogP contribution < -0.4 is 15.4 Å². The summed E-state index contributed by atoms with van der Waals surface area (Å²) >= 11 is 0. The van der Waals surface area contributed by atoms with Crippen molar-refractivity contribution < 1.29 is 13.2 Å². The number of anilines is 1. The number of piperidine rings is 1. The molecule has 8 heteroatoms. The zero-order valence-corrected chi connectivity index (χ0v) is 17.4. The normalized spacial score (nSPS) is 21.1. The van der Waals surface area contributed by atoms with Crippen LogP contribution in [0.5, 0.6) is 0 Å². The van der Waals surface area contributed by atoms with Crippen molar-refractivity contribution >= 4 is 34.0 Å². The minimum Gasteiger partial charge on any atom is -0.326 e. The van der Waals surface area contributed by atoms with E-state index < -0.39 is 10.0 Å². The molecular formula is C19H30ClN3O3S. The largest absolute Gasteiger partial charge is 0.326 e. The number of hydrogen-bond acceptors (Lipinski definition) is 4. The van der Waals surface area contributed by atoms with E-state index in [1.165, 1.54) is 12.8 Å². The first-order chi connectivity index (χ1) is 12.4. The molecule has 27 heavy (non-hydrogen) atoms. The lowest BCUT2D eigenvalue weighted by atomic mass is 9.85. The molecule has 2 aliphatic rings. The summed E-state index contributed by atoms with van der Waals surface area (Å²) in [4.78, 5) is 12.5. The Morgan fingerprint density at radius 1 is 1.22 bits per heavy atom. The predicted octanol–water partition coefficient (Wildman–Crippen LogP) is 2.76. The molecule has 1 aromatic carbocycles. The fraction of sp³-hybridized carbons (Fsp3) is 0.632. The van der Waals surface area contributed by atoms with Gasteiger partial charge in [0.2, 0.25) is 15.9 Å². The van der Waals surface area contributed by atoms with Gasteiger partial charge in [-0.1, -0.05) is 6.92 Å². The van der Waals surface area contributed by atoms with E-state index in [4.69, 9.17) is 0 Å². The molecule has 3 N–H and O–H groups in total. The number of rotatable bonds is 8. The Bertz CT molecular complexity index is 714. The summed E-state index contributed by atoms with van der Waals surface area (Å²) in [7, 11) is -3.46. The second kappa shape index (κ2) is 9.87. The Hall–Kier alpha value is -1.15. The summed E-state index contributed by atoms with van der Waals surface area (Å²) in [5, 5.41) is 6.26. The summed E-state index contributed by atoms with van der Waals surface area (Å²) in [6.07, 6.45) is 5.02. The van der Waals surface area contributed by atoms with Crippen LogP contribution in [0, 0.1) is 17.8 Å². The van der Waals surface area contributed by atoms with Gasteiger partial charge in [-0.3, -0.25) is 4.79 Å². The molecule has 1 aliphatic carbocycles. The molecule has 0 radical (unpaired) electrons. The minimum atomic E-state index is -3.46. The number of hydrogen-bond donors (Lipinski definition) is 3. The van der Waals surface area contributed by atoms with Crippen LogP contribution in [0.15, 0.2) is 29.2 Å². The molecule has 6 nitrogen and oxygen atoms in total. The van der Waals surface area contributed by atoms with Gasteiger partial charge in [0.15, 0.2) is 0 Å². The molecule has 1 saturated heterocycles. The van der Waals surface area contributed by atoms with Crippen molar-refractivity contribution in [3.05, 3.63) is 24.3 Å². The number of carbonyl (C=O) groups excluding carboxylic acids is 1. The lowest BCUT2D eigenvalue weighted by Crippen LogP contribution is -2.34. The number of benzene rings is 1. The highest BCUT2D eigenvalue weighted by molar-refractivity contribution is 7.89. The average Bonchev–Trinajstić information content (AvgIpc) is 3.46. The van der Waals surface area contributed by atoms with Crippen LogP contribution in [0.2, 0.25) is 0 Å². The van der Waals surface area contributed by atoms with Gasteiger partial charge in [0.25, 0.3) is 0 Å². The zero-order chi connectivity index (χ0) is 18.6. The van der Waals surface area contributed by atoms with Gasteiger partial charge >= 0.3 is 0 Å². The van der Waals surface area contributed by atoms with Crippen molar-refractivity contribution in [1.29, 1.82) is 0 Å². The van der Waals surface area contributed by atoms with Gasteiger partial charge in [0.05, 0.1) is 4.90 Å². The highest BCUT2D eigenvalue weighted by Crippen LogP contribution is 2.28. The van der Waals surface area contributed by atoms with Crippen molar-refractivity contribution in [2.75, 3.05) is 25.0 Å². The smallest absolute Gasteiger partial charge is 0.240 e. The monoisotopic (exact) mass is 415 g/mol. The minimum absolute atomic E-state index is 0. The molecule has 2 unspecified atom stereocenters. The van der Waals surface area contributed by atoms with Crippen molar-refractivity contribution in [3.63, 3.8) is 0 Å². The highest BCUT2D eigenvalue weighted by Gasteiger charge is 2.24. The molecule has 0 bridgehead atoms. The molecule has 0 spiro atoms. The average molecular weight is 416 g/mol. The SMILES string of the molecule is CC(CC(=O)Nc1ccc(S(=O)(=O)NCC2CC2)cc1)C1CCCNC1.Cl. The van der Waals surface area contributed by atoms with E-state index in [-0.39, 0.29) is 23.2 Å². The van der Waals surface area contributed by atoms with Crippen LogP contribution in [0.1, 0.15) is 39.0 Å². The molecule has 2 atom stereocenters. The second-order valence-corrected chi connectivity index (χ2v) is 9.42. The van der Waals surface area contributed by atoms with Gasteiger partial charge < -0.3 is 10.6 Å². The van der Waals surface area contributed by atoms with E-state index in [0.29, 0.717) is 36.4 Å². The van der Waals surface area contributed by atoms with Crippen LogP contribution in [0.3, 0.4) is 0 Å². The number of nitrogens with one attached hydrogen (secondary N) is 3. The molecule has 2 fully saturated rings. The Kier molecular flexibility index (Phi) is 8.09. The van der Waals surface area contributed by atoms with E-state index in [2.05, 4.69) is 22.3 Å². The summed E-state index contributed by atoms with van der Waals surface area (Å²) < 4.78 is 27.1. The van der Waals surface area contributed by atoms with Crippen molar-refractivity contribution in [2.24, 2.45) is 17.8 Å². The lowest BCUT2D eigenvalue weighted by molar-refractivity contribution is -0.117. The molecule has 1 amide bonds. The summed E-state index contributed by atoms with van der Waals surface area (Å²) in [5.41, 5.74) is 0.630. The van der Waals surface area contributed by atoms with E-state index in [9.17, 15) is 13.2 Å². The van der Waals surface area contributed by atoms with Crippen molar-refractivity contribution in [3.8, 4) is 0 Å². The Balaban J connectivity index is 0.00000261. The molecular weight excluding hydrogens is 386 g/mol. The topological polar surface area (TPSA) is 87.3 Å². The lowest BCUT2D eigenvalue weighted by Gasteiger charge is -2.28. The number of amides is 1. The Labute approximate surface area is 168 Å². The maximum atomic E-state index is 12.3. The van der Waals surface area contributed by atoms with Crippen LogP contribution in [0.4, 0.5) is 5.69 Å². The second-order valence-electron chi connectivity index (χ2n) is 7.66. The van der Waals surface area contributed by atoms with E-state index in [1.54, 1.807) is 24.3 Å². The summed E-state index contributed by atoms with van der Waals surface area (Å²) in [6, 6.07) is 6.38. The third-order valence-corrected chi connectivity index (χ3v) is 6.79. The van der Waals surface area contributed by atoms with Crippen LogP contribution in [0.25, 0.3) is 0 Å². The van der Waals surface area contributed by atoms with Crippen LogP contribution in [-0.2, 0) is 14.8 Å². The number of carbonyl (C=O) groups is 1. The number of halogens is 1. The van der Waals surface area contributed by atoms with Gasteiger partial charge in [-0.05, 0) is 80.8 Å². The van der Waals surface area contributed by atoms with Crippen molar-refractivity contribution in [2.45, 2.75) is 43.9 Å². The number of sulfonamides is 1. The molecule has 0 aromatic heterocycles. The Morgan fingerprint density at radius 3 is 2.52 bits per heavy atom. The van der Waals surface area contributed by atoms with Gasteiger partial charge in [0.1, 0.15) is 0 Å². The standard InChI is InChI=1S/C19H29N3O3S.ClH/c1-14(16-3-2-10-20-13-16)11-19(23)22-17-6-8-18(9-7-17)26(24,25)21-12-15-4-5-15;/h6-9,14-16,20-21H,2-5,10-13H2,1H3,(H,22,23);1H. The molecule has 1 aromatic rings. The van der Waals surface area contributed by atoms with Gasteiger partial charge in [-0.25, -0.2) is 13.1 Å². The maximum Gasteiger partial charge on any atom is 0.240 e. The predicted molar refractivity (Wildman–Crippen MR) is 110 cm³/mol. The molecule has 1 heterocycles. The van der Waals surface area contributed by atoms with E-state index in [0.717, 1.165) is 25.9 Å². The maximum absolute atomic E-state index is 12.3. The van der Waals surface area contributed by atoms with Crippen LogP contribution in [-0.4, -0.2) is 34.0 Å². The fourth-order valence-corrected chi connectivity index (χ4v) is 4.50. The molecule has 1 aliphatic heterocycles. The zero-order valence-electron chi connectivity index (χ0n) is 15.7. The highest BCUT2D eigenvalue weighted by atomic mass is 35.5. The molecule has 152 valence electrons. The van der Waals surface area contributed by atoms with E-state index in [1.807, 2.05) is 0 Å².